The Labute approximate surface area is 98.2 Å². The molecule has 0 saturated heterocycles. The van der Waals surface area contributed by atoms with Crippen LogP contribution in [0.3, 0.4) is 0 Å². The van der Waals surface area contributed by atoms with E-state index in [1.54, 1.807) is 0 Å². The molecular formula is C13H19NOS. The summed E-state index contributed by atoms with van der Waals surface area (Å²) in [6, 6.07) is 8.36. The monoisotopic (exact) mass is 237 g/mol. The highest BCUT2D eigenvalue weighted by Crippen LogP contribution is 2.23. The van der Waals surface area contributed by atoms with Crippen LogP contribution in [0.1, 0.15) is 38.2 Å². The van der Waals surface area contributed by atoms with Crippen LogP contribution in [0.2, 0.25) is 0 Å². The maximum atomic E-state index is 12.3. The molecule has 1 aromatic carbocycles. The van der Waals surface area contributed by atoms with E-state index in [1.165, 1.54) is 5.56 Å². The van der Waals surface area contributed by atoms with E-state index in [0.717, 1.165) is 17.7 Å². The number of benzene rings is 1. The van der Waals surface area contributed by atoms with Gasteiger partial charge in [0.1, 0.15) is 0 Å². The molecule has 2 rings (SSSR count). The van der Waals surface area contributed by atoms with Crippen molar-refractivity contribution in [1.29, 1.82) is 0 Å². The van der Waals surface area contributed by atoms with E-state index in [4.69, 9.17) is 0 Å². The summed E-state index contributed by atoms with van der Waals surface area (Å²) < 4.78 is 15.4. The third kappa shape index (κ3) is 2.66. The minimum Gasteiger partial charge on any atom is -0.248 e. The molecule has 1 aliphatic rings. The van der Waals surface area contributed by atoms with Crippen molar-refractivity contribution in [2.75, 3.05) is 0 Å². The van der Waals surface area contributed by atoms with Crippen molar-refractivity contribution in [3.05, 3.63) is 29.8 Å². The van der Waals surface area contributed by atoms with E-state index >= 15 is 0 Å². The third-order valence-electron chi connectivity index (χ3n) is 2.86. The van der Waals surface area contributed by atoms with E-state index in [1.807, 2.05) is 24.3 Å². The van der Waals surface area contributed by atoms with Gasteiger partial charge in [0.05, 0.1) is 9.71 Å². The first-order valence-electron chi connectivity index (χ1n) is 5.73. The van der Waals surface area contributed by atoms with Crippen molar-refractivity contribution >= 4 is 15.6 Å². The second-order valence-electron chi connectivity index (χ2n) is 4.79. The van der Waals surface area contributed by atoms with Crippen LogP contribution in [0.4, 0.5) is 0 Å². The molecule has 3 heteroatoms. The van der Waals surface area contributed by atoms with E-state index in [0.29, 0.717) is 12.0 Å². The van der Waals surface area contributed by atoms with Gasteiger partial charge in [-0.1, -0.05) is 26.0 Å². The van der Waals surface area contributed by atoms with Gasteiger partial charge in [0.2, 0.25) is 0 Å². The van der Waals surface area contributed by atoms with Crippen molar-refractivity contribution in [1.82, 2.24) is 4.72 Å². The molecule has 16 heavy (non-hydrogen) atoms. The maximum Gasteiger partial charge on any atom is 0.0535 e. The summed E-state index contributed by atoms with van der Waals surface area (Å²) in [5.74, 6) is 4.32. The van der Waals surface area contributed by atoms with Gasteiger partial charge in [-0.25, -0.2) is 8.93 Å². The Morgan fingerprint density at radius 2 is 1.88 bits per heavy atom. The molecule has 1 fully saturated rings. The van der Waals surface area contributed by atoms with Crippen LogP contribution >= 0.6 is 0 Å². The molecule has 0 spiro atoms. The fraction of sp³-hybridized carbons (Fsp3) is 0.462. The average Bonchev–Trinajstić information content (AvgIpc) is 3.01. The van der Waals surface area contributed by atoms with Crippen molar-refractivity contribution in [3.63, 3.8) is 0 Å². The molecule has 1 aromatic rings. The Kier molecular flexibility index (Phi) is 3.08. The van der Waals surface area contributed by atoms with Crippen LogP contribution in [0, 0.1) is 0 Å². The number of rotatable bonds is 4. The fourth-order valence-corrected chi connectivity index (χ4v) is 3.10. The lowest BCUT2D eigenvalue weighted by molar-refractivity contribution is 0.669. The van der Waals surface area contributed by atoms with Gasteiger partial charge >= 0.3 is 0 Å². The first-order chi connectivity index (χ1) is 7.49. The molecule has 0 bridgehead atoms. The highest BCUT2D eigenvalue weighted by atomic mass is 32.2. The Balaban J connectivity index is 2.19. The standard InChI is InChI=1S/C13H19NOS/c1-10(2)11-4-8-13(9-5-11)16(3,15)14-12-6-7-12/h4-5,8-10,12H,3,6-7H2,1-2H3,(H,14,15). The van der Waals surface area contributed by atoms with Crippen molar-refractivity contribution in [2.45, 2.75) is 43.5 Å². The molecule has 2 nitrogen and oxygen atoms in total. The maximum absolute atomic E-state index is 12.3. The van der Waals surface area contributed by atoms with Crippen LogP contribution in [-0.2, 0) is 9.71 Å². The topological polar surface area (TPSA) is 29.1 Å². The minimum absolute atomic E-state index is 0.412. The highest BCUT2D eigenvalue weighted by molar-refractivity contribution is 7.98. The van der Waals surface area contributed by atoms with Gasteiger partial charge in [0.25, 0.3) is 0 Å². The lowest BCUT2D eigenvalue weighted by Gasteiger charge is -2.12. The lowest BCUT2D eigenvalue weighted by atomic mass is 10.0. The third-order valence-corrected chi connectivity index (χ3v) is 4.61. The molecule has 0 heterocycles. The summed E-state index contributed by atoms with van der Waals surface area (Å²) >= 11 is 0. The molecule has 0 aliphatic heterocycles. The summed E-state index contributed by atoms with van der Waals surface area (Å²) in [5.41, 5.74) is 1.27. The van der Waals surface area contributed by atoms with Gasteiger partial charge < -0.3 is 0 Å². The summed E-state index contributed by atoms with van der Waals surface area (Å²) in [7, 11) is -2.29. The van der Waals surface area contributed by atoms with Crippen LogP contribution in [0.5, 0.6) is 0 Å². The van der Waals surface area contributed by atoms with E-state index in [2.05, 4.69) is 24.4 Å². The van der Waals surface area contributed by atoms with E-state index in [-0.39, 0.29) is 0 Å². The molecule has 0 radical (unpaired) electrons. The first-order valence-corrected chi connectivity index (χ1v) is 7.46. The lowest BCUT2D eigenvalue weighted by Crippen LogP contribution is -2.25. The number of hydrogen-bond acceptors (Lipinski definition) is 1. The quantitative estimate of drug-likeness (QED) is 0.801. The van der Waals surface area contributed by atoms with Crippen LogP contribution in [0.15, 0.2) is 29.2 Å². The largest absolute Gasteiger partial charge is 0.248 e. The summed E-state index contributed by atoms with van der Waals surface area (Å²) in [4.78, 5) is 0.809. The van der Waals surface area contributed by atoms with E-state index in [9.17, 15) is 4.21 Å². The second kappa shape index (κ2) is 4.22. The summed E-state index contributed by atoms with van der Waals surface area (Å²) in [5, 5.41) is 0. The zero-order valence-corrected chi connectivity index (χ0v) is 10.7. The second-order valence-corrected chi connectivity index (χ2v) is 6.85. The van der Waals surface area contributed by atoms with Gasteiger partial charge in [-0.05, 0) is 42.3 Å². The predicted octanol–water partition coefficient (Wildman–Crippen LogP) is 2.55. The van der Waals surface area contributed by atoms with Crippen LogP contribution in [-0.4, -0.2) is 16.1 Å². The molecule has 88 valence electrons. The van der Waals surface area contributed by atoms with Crippen molar-refractivity contribution in [2.24, 2.45) is 0 Å². The molecule has 1 unspecified atom stereocenters. The number of hydrogen-bond donors (Lipinski definition) is 1. The fourth-order valence-electron chi connectivity index (χ4n) is 1.61. The zero-order valence-electron chi connectivity index (χ0n) is 9.90. The van der Waals surface area contributed by atoms with Crippen LogP contribution in [0.25, 0.3) is 0 Å². The van der Waals surface area contributed by atoms with Gasteiger partial charge in [-0.3, -0.25) is 0 Å². The van der Waals surface area contributed by atoms with Gasteiger partial charge in [0.15, 0.2) is 0 Å². The molecule has 1 saturated carbocycles. The Bertz CT molecular complexity index is 455. The SMILES string of the molecule is C=S(=O)(NC1CC1)c1ccc(C(C)C)cc1. The smallest absolute Gasteiger partial charge is 0.0535 e. The number of nitrogens with one attached hydrogen (secondary N) is 1. The Morgan fingerprint density at radius 1 is 1.31 bits per heavy atom. The minimum atomic E-state index is -2.29. The van der Waals surface area contributed by atoms with E-state index < -0.39 is 9.71 Å². The molecule has 1 atom stereocenters. The van der Waals surface area contributed by atoms with Gasteiger partial charge in [-0.2, -0.15) is 0 Å². The zero-order chi connectivity index (χ0) is 11.8. The van der Waals surface area contributed by atoms with Crippen LogP contribution < -0.4 is 4.72 Å². The van der Waals surface area contributed by atoms with Gasteiger partial charge in [0, 0.05) is 10.9 Å². The Morgan fingerprint density at radius 3 is 2.31 bits per heavy atom. The molecule has 1 N–H and O–H groups in total. The predicted molar refractivity (Wildman–Crippen MR) is 70.2 cm³/mol. The van der Waals surface area contributed by atoms with Crippen molar-refractivity contribution < 1.29 is 4.21 Å². The first kappa shape index (κ1) is 11.7. The highest BCUT2D eigenvalue weighted by Gasteiger charge is 2.24. The Hall–Kier alpha value is -0.800. The molecule has 0 aromatic heterocycles. The molecule has 0 amide bonds. The average molecular weight is 237 g/mol. The summed E-state index contributed by atoms with van der Waals surface area (Å²) in [6.07, 6.45) is 2.24. The summed E-state index contributed by atoms with van der Waals surface area (Å²) in [6.45, 7) is 4.30. The molecular weight excluding hydrogens is 218 g/mol. The molecule has 1 aliphatic carbocycles. The normalized spacial score (nSPS) is 19.7. The van der Waals surface area contributed by atoms with Gasteiger partial charge in [-0.15, -0.1) is 0 Å². The van der Waals surface area contributed by atoms with Crippen molar-refractivity contribution in [3.8, 4) is 0 Å².